The first-order valence-corrected chi connectivity index (χ1v) is 6.93. The Labute approximate surface area is 121 Å². The van der Waals surface area contributed by atoms with Gasteiger partial charge >= 0.3 is 0 Å². The maximum atomic E-state index is 12.4. The molecule has 0 spiro atoms. The van der Waals surface area contributed by atoms with Crippen LogP contribution in [0.4, 0.5) is 5.69 Å². The first kappa shape index (κ1) is 13.1. The number of hydrogen-bond donors (Lipinski definition) is 0. The van der Waals surface area contributed by atoms with Crippen molar-refractivity contribution in [3.8, 4) is 0 Å². The van der Waals surface area contributed by atoms with E-state index >= 15 is 0 Å². The van der Waals surface area contributed by atoms with E-state index in [0.717, 1.165) is 0 Å². The fraction of sp³-hybridized carbons (Fsp3) is 0.357. The third-order valence-corrected chi connectivity index (χ3v) is 4.11. The number of likely N-dealkylation sites (tertiary alicyclic amines) is 1. The summed E-state index contributed by atoms with van der Waals surface area (Å²) in [6, 6.07) is 8.87. The Morgan fingerprint density at radius 1 is 1.10 bits per heavy atom. The van der Waals surface area contributed by atoms with Gasteiger partial charge in [-0.15, -0.1) is 11.6 Å². The number of halogens is 1. The van der Waals surface area contributed by atoms with Gasteiger partial charge in [0.05, 0.1) is 17.5 Å². The highest BCUT2D eigenvalue weighted by atomic mass is 35.5. The van der Waals surface area contributed by atoms with Crippen molar-refractivity contribution >= 4 is 35.0 Å². The molecule has 6 heteroatoms. The van der Waals surface area contributed by atoms with Gasteiger partial charge < -0.3 is 4.90 Å². The summed E-state index contributed by atoms with van der Waals surface area (Å²) in [6.07, 6.45) is 0. The van der Waals surface area contributed by atoms with Crippen LogP contribution in [0.2, 0.25) is 0 Å². The first-order chi connectivity index (χ1) is 9.63. The van der Waals surface area contributed by atoms with Crippen LogP contribution in [-0.4, -0.2) is 41.6 Å². The lowest BCUT2D eigenvalue weighted by atomic mass is 10.00. The predicted octanol–water partition coefficient (Wildman–Crippen LogP) is 0.873. The molecule has 1 aromatic rings. The van der Waals surface area contributed by atoms with E-state index in [4.69, 9.17) is 11.6 Å². The Balaban J connectivity index is 1.84. The molecule has 1 aromatic carbocycles. The number of benzene rings is 1. The van der Waals surface area contributed by atoms with Crippen molar-refractivity contribution in [2.75, 3.05) is 23.9 Å². The number of amides is 3. The minimum absolute atomic E-state index is 0.121. The average molecular weight is 293 g/mol. The second kappa shape index (κ2) is 4.90. The maximum Gasteiger partial charge on any atom is 0.239 e. The van der Waals surface area contributed by atoms with Crippen LogP contribution in [0.15, 0.2) is 30.3 Å². The fourth-order valence-corrected chi connectivity index (χ4v) is 3.03. The molecule has 0 radical (unpaired) electrons. The van der Waals surface area contributed by atoms with Crippen molar-refractivity contribution in [3.05, 3.63) is 30.3 Å². The summed E-state index contributed by atoms with van der Waals surface area (Å²) in [5.41, 5.74) is 0.590. The minimum atomic E-state index is -0.435. The van der Waals surface area contributed by atoms with E-state index in [9.17, 15) is 14.4 Å². The van der Waals surface area contributed by atoms with Crippen LogP contribution in [0.25, 0.3) is 0 Å². The molecule has 2 saturated heterocycles. The Bertz CT molecular complexity index is 551. The third-order valence-electron chi connectivity index (χ3n) is 3.88. The number of hydrogen-bond acceptors (Lipinski definition) is 3. The van der Waals surface area contributed by atoms with Gasteiger partial charge in [-0.3, -0.25) is 14.4 Å². The number of imide groups is 1. The molecule has 2 atom stereocenters. The van der Waals surface area contributed by atoms with Crippen LogP contribution in [0.5, 0.6) is 0 Å². The molecule has 0 bridgehead atoms. The third kappa shape index (κ3) is 1.89. The smallest absolute Gasteiger partial charge is 0.239 e. The molecule has 5 nitrogen and oxygen atoms in total. The van der Waals surface area contributed by atoms with Crippen molar-refractivity contribution in [1.82, 2.24) is 4.90 Å². The van der Waals surface area contributed by atoms with E-state index < -0.39 is 11.8 Å². The summed E-state index contributed by atoms with van der Waals surface area (Å²) in [4.78, 5) is 39.1. The Kier molecular flexibility index (Phi) is 3.22. The first-order valence-electron chi connectivity index (χ1n) is 6.40. The number of alkyl halides is 1. The van der Waals surface area contributed by atoms with Crippen LogP contribution in [0.3, 0.4) is 0 Å². The van der Waals surface area contributed by atoms with E-state index in [0.29, 0.717) is 5.69 Å². The summed E-state index contributed by atoms with van der Waals surface area (Å²) in [5.74, 6) is -1.67. The normalized spacial score (nSPS) is 25.2. The van der Waals surface area contributed by atoms with E-state index in [-0.39, 0.29) is 36.7 Å². The Morgan fingerprint density at radius 2 is 1.65 bits per heavy atom. The van der Waals surface area contributed by atoms with Gasteiger partial charge in [0.15, 0.2) is 0 Å². The van der Waals surface area contributed by atoms with Gasteiger partial charge in [-0.25, -0.2) is 4.90 Å². The average Bonchev–Trinajstić information content (AvgIpc) is 3.00. The zero-order valence-corrected chi connectivity index (χ0v) is 11.4. The molecule has 2 aliphatic rings. The molecule has 3 amide bonds. The van der Waals surface area contributed by atoms with Crippen molar-refractivity contribution in [3.63, 3.8) is 0 Å². The monoisotopic (exact) mass is 292 g/mol. The van der Waals surface area contributed by atoms with E-state index in [1.807, 2.05) is 6.07 Å². The van der Waals surface area contributed by atoms with Crippen LogP contribution < -0.4 is 4.90 Å². The molecule has 2 fully saturated rings. The fourth-order valence-electron chi connectivity index (χ4n) is 2.86. The number of carbonyl (C=O) groups excluding carboxylic acids is 3. The Hall–Kier alpha value is -1.88. The summed E-state index contributed by atoms with van der Waals surface area (Å²) in [7, 11) is 0. The van der Waals surface area contributed by atoms with Gasteiger partial charge in [0.2, 0.25) is 17.7 Å². The Morgan fingerprint density at radius 3 is 2.15 bits per heavy atom. The summed E-state index contributed by atoms with van der Waals surface area (Å²) < 4.78 is 0. The van der Waals surface area contributed by atoms with Crippen molar-refractivity contribution in [2.24, 2.45) is 11.8 Å². The van der Waals surface area contributed by atoms with E-state index in [2.05, 4.69) is 0 Å². The molecular formula is C14H13ClN2O3. The van der Waals surface area contributed by atoms with Gasteiger partial charge in [0.25, 0.3) is 0 Å². The van der Waals surface area contributed by atoms with Crippen LogP contribution in [-0.2, 0) is 14.4 Å². The SMILES string of the molecule is O=C(CCl)N1CC2C(=O)N(c3ccccc3)C(=O)C2C1. The number of carbonyl (C=O) groups is 3. The molecule has 20 heavy (non-hydrogen) atoms. The van der Waals surface area contributed by atoms with E-state index in [1.54, 1.807) is 24.3 Å². The summed E-state index contributed by atoms with van der Waals surface area (Å²) in [6.45, 7) is 0.564. The van der Waals surface area contributed by atoms with Gasteiger partial charge in [-0.1, -0.05) is 18.2 Å². The molecule has 0 aliphatic carbocycles. The predicted molar refractivity (Wildman–Crippen MR) is 73.2 cm³/mol. The quantitative estimate of drug-likeness (QED) is 0.600. The molecule has 3 rings (SSSR count). The highest BCUT2D eigenvalue weighted by Gasteiger charge is 2.53. The maximum absolute atomic E-state index is 12.4. The number of fused-ring (bicyclic) bond motifs is 1. The second-order valence-corrected chi connectivity index (χ2v) is 5.26. The molecule has 0 aromatic heterocycles. The minimum Gasteiger partial charge on any atom is -0.340 e. The molecule has 0 N–H and O–H groups in total. The molecular weight excluding hydrogens is 280 g/mol. The van der Waals surface area contributed by atoms with Gasteiger partial charge in [-0.2, -0.15) is 0 Å². The lowest BCUT2D eigenvalue weighted by molar-refractivity contribution is -0.128. The highest BCUT2D eigenvalue weighted by molar-refractivity contribution is 6.27. The summed E-state index contributed by atoms with van der Waals surface area (Å²) in [5, 5.41) is 0. The van der Waals surface area contributed by atoms with Gasteiger partial charge in [-0.05, 0) is 12.1 Å². The van der Waals surface area contributed by atoms with Crippen LogP contribution in [0.1, 0.15) is 0 Å². The summed E-state index contributed by atoms with van der Waals surface area (Å²) >= 11 is 5.51. The standard InChI is InChI=1S/C14H13ClN2O3/c15-6-12(18)16-7-10-11(8-16)14(20)17(13(10)19)9-4-2-1-3-5-9/h1-5,10-11H,6-8H2. The molecule has 2 heterocycles. The van der Waals surface area contributed by atoms with Crippen molar-refractivity contribution in [2.45, 2.75) is 0 Å². The van der Waals surface area contributed by atoms with E-state index in [1.165, 1.54) is 9.80 Å². The zero-order chi connectivity index (χ0) is 14.3. The van der Waals surface area contributed by atoms with Crippen molar-refractivity contribution < 1.29 is 14.4 Å². The van der Waals surface area contributed by atoms with Gasteiger partial charge in [0.1, 0.15) is 5.88 Å². The zero-order valence-electron chi connectivity index (χ0n) is 10.7. The number of nitrogens with zero attached hydrogens (tertiary/aromatic N) is 2. The van der Waals surface area contributed by atoms with Crippen LogP contribution in [0, 0.1) is 11.8 Å². The molecule has 2 aliphatic heterocycles. The van der Waals surface area contributed by atoms with Crippen LogP contribution >= 0.6 is 11.6 Å². The van der Waals surface area contributed by atoms with Crippen molar-refractivity contribution in [1.29, 1.82) is 0 Å². The molecule has 2 unspecified atom stereocenters. The highest BCUT2D eigenvalue weighted by Crippen LogP contribution is 2.36. The van der Waals surface area contributed by atoms with Gasteiger partial charge in [0, 0.05) is 13.1 Å². The number of rotatable bonds is 2. The number of anilines is 1. The number of para-hydroxylation sites is 1. The lowest BCUT2D eigenvalue weighted by Gasteiger charge is -2.20. The molecule has 0 saturated carbocycles. The molecule has 104 valence electrons. The second-order valence-electron chi connectivity index (χ2n) is 4.99. The topological polar surface area (TPSA) is 57.7 Å². The largest absolute Gasteiger partial charge is 0.340 e. The lowest BCUT2D eigenvalue weighted by Crippen LogP contribution is -2.38.